The topological polar surface area (TPSA) is 18.5 Å². The van der Waals surface area contributed by atoms with E-state index in [0.29, 0.717) is 0 Å². The standard InChI is InChI=1S/C15H16O2/c1-3-12-5-4-6-15(11-12)17-14-9-7-13(16-2)8-10-14/h4-11H,3H2,1-2H3. The molecule has 2 nitrogen and oxygen atoms in total. The number of hydrogen-bond donors (Lipinski definition) is 0. The first-order valence-electron chi connectivity index (χ1n) is 5.72. The van der Waals surface area contributed by atoms with Crippen molar-refractivity contribution in [1.29, 1.82) is 0 Å². The zero-order valence-corrected chi connectivity index (χ0v) is 10.1. The van der Waals surface area contributed by atoms with Crippen LogP contribution in [0.2, 0.25) is 0 Å². The third-order valence-electron chi connectivity index (χ3n) is 2.60. The highest BCUT2D eigenvalue weighted by atomic mass is 16.5. The molecule has 0 saturated heterocycles. The highest BCUT2D eigenvalue weighted by Crippen LogP contribution is 2.24. The summed E-state index contributed by atoms with van der Waals surface area (Å²) in [5, 5.41) is 0. The lowest BCUT2D eigenvalue weighted by Crippen LogP contribution is -1.87. The molecular weight excluding hydrogens is 212 g/mol. The van der Waals surface area contributed by atoms with Crippen LogP contribution in [-0.2, 0) is 6.42 Å². The molecule has 0 unspecified atom stereocenters. The lowest BCUT2D eigenvalue weighted by atomic mass is 10.2. The van der Waals surface area contributed by atoms with Gasteiger partial charge in [-0.3, -0.25) is 0 Å². The molecule has 0 spiro atoms. The van der Waals surface area contributed by atoms with E-state index in [1.807, 2.05) is 36.4 Å². The molecule has 2 aromatic carbocycles. The highest BCUT2D eigenvalue weighted by Gasteiger charge is 1.98. The Hall–Kier alpha value is -1.96. The fourth-order valence-electron chi connectivity index (χ4n) is 1.61. The van der Waals surface area contributed by atoms with Gasteiger partial charge in [0.1, 0.15) is 17.2 Å². The van der Waals surface area contributed by atoms with Crippen LogP contribution in [0.4, 0.5) is 0 Å². The van der Waals surface area contributed by atoms with Crippen molar-refractivity contribution < 1.29 is 9.47 Å². The molecule has 2 rings (SSSR count). The summed E-state index contributed by atoms with van der Waals surface area (Å²) in [6, 6.07) is 15.7. The third kappa shape index (κ3) is 3.00. The van der Waals surface area contributed by atoms with Crippen LogP contribution in [0.1, 0.15) is 12.5 Å². The highest BCUT2D eigenvalue weighted by molar-refractivity contribution is 5.36. The maximum absolute atomic E-state index is 5.76. The van der Waals surface area contributed by atoms with E-state index in [4.69, 9.17) is 9.47 Å². The van der Waals surface area contributed by atoms with Crippen LogP contribution in [0.3, 0.4) is 0 Å². The summed E-state index contributed by atoms with van der Waals surface area (Å²) in [7, 11) is 1.65. The van der Waals surface area contributed by atoms with E-state index in [2.05, 4.69) is 19.1 Å². The SMILES string of the molecule is CCc1cccc(Oc2ccc(OC)cc2)c1. The van der Waals surface area contributed by atoms with Crippen molar-refractivity contribution in [1.82, 2.24) is 0 Å². The third-order valence-corrected chi connectivity index (χ3v) is 2.60. The molecule has 17 heavy (non-hydrogen) atoms. The number of aryl methyl sites for hydroxylation is 1. The van der Waals surface area contributed by atoms with Crippen LogP contribution in [0, 0.1) is 0 Å². The summed E-state index contributed by atoms with van der Waals surface area (Å²) in [6.45, 7) is 2.13. The Balaban J connectivity index is 2.13. The molecule has 0 aliphatic carbocycles. The van der Waals surface area contributed by atoms with Crippen LogP contribution in [0.25, 0.3) is 0 Å². The summed E-state index contributed by atoms with van der Waals surface area (Å²) in [6.07, 6.45) is 1.01. The molecular formula is C15H16O2. The zero-order valence-electron chi connectivity index (χ0n) is 10.1. The second kappa shape index (κ2) is 5.39. The Morgan fingerprint density at radius 3 is 2.24 bits per heavy atom. The van der Waals surface area contributed by atoms with Crippen molar-refractivity contribution in [2.75, 3.05) is 7.11 Å². The molecule has 0 amide bonds. The van der Waals surface area contributed by atoms with Gasteiger partial charge >= 0.3 is 0 Å². The Kier molecular flexibility index (Phi) is 3.66. The minimum atomic E-state index is 0.819. The molecule has 0 aromatic heterocycles. The molecule has 88 valence electrons. The summed E-state index contributed by atoms with van der Waals surface area (Å²) in [5.41, 5.74) is 1.27. The molecule has 0 saturated carbocycles. The van der Waals surface area contributed by atoms with Gasteiger partial charge in [-0.1, -0.05) is 19.1 Å². The largest absolute Gasteiger partial charge is 0.497 e. The molecule has 0 bridgehead atoms. The van der Waals surface area contributed by atoms with Crippen molar-refractivity contribution in [2.24, 2.45) is 0 Å². The van der Waals surface area contributed by atoms with E-state index in [9.17, 15) is 0 Å². The van der Waals surface area contributed by atoms with Gasteiger partial charge in [-0.05, 0) is 48.4 Å². The van der Waals surface area contributed by atoms with E-state index in [1.165, 1.54) is 5.56 Å². The molecule has 0 aliphatic rings. The normalized spacial score (nSPS) is 10.0. The Morgan fingerprint density at radius 2 is 1.59 bits per heavy atom. The lowest BCUT2D eigenvalue weighted by Gasteiger charge is -2.07. The van der Waals surface area contributed by atoms with Gasteiger partial charge in [0.15, 0.2) is 0 Å². The summed E-state index contributed by atoms with van der Waals surface area (Å²) in [5.74, 6) is 2.52. The average Bonchev–Trinajstić information content (AvgIpc) is 2.40. The first-order valence-corrected chi connectivity index (χ1v) is 5.72. The number of methoxy groups -OCH3 is 1. The predicted molar refractivity (Wildman–Crippen MR) is 68.9 cm³/mol. The lowest BCUT2D eigenvalue weighted by molar-refractivity contribution is 0.413. The molecule has 2 aromatic rings. The Bertz CT molecular complexity index is 475. The number of hydrogen-bond acceptors (Lipinski definition) is 2. The second-order valence-corrected chi connectivity index (χ2v) is 3.78. The quantitative estimate of drug-likeness (QED) is 0.786. The van der Waals surface area contributed by atoms with Crippen LogP contribution < -0.4 is 9.47 Å². The number of rotatable bonds is 4. The van der Waals surface area contributed by atoms with Gasteiger partial charge in [0.25, 0.3) is 0 Å². The summed E-state index contributed by atoms with van der Waals surface area (Å²) >= 11 is 0. The first-order chi connectivity index (χ1) is 8.31. The van der Waals surface area contributed by atoms with Gasteiger partial charge < -0.3 is 9.47 Å². The molecule has 0 radical (unpaired) electrons. The Labute approximate surface area is 102 Å². The molecule has 0 atom stereocenters. The second-order valence-electron chi connectivity index (χ2n) is 3.78. The average molecular weight is 228 g/mol. The molecule has 2 heteroatoms. The van der Waals surface area contributed by atoms with Gasteiger partial charge in [-0.15, -0.1) is 0 Å². The van der Waals surface area contributed by atoms with Crippen LogP contribution in [0.15, 0.2) is 48.5 Å². The summed E-state index contributed by atoms with van der Waals surface area (Å²) in [4.78, 5) is 0. The summed E-state index contributed by atoms with van der Waals surface area (Å²) < 4.78 is 10.9. The van der Waals surface area contributed by atoms with Crippen LogP contribution >= 0.6 is 0 Å². The van der Waals surface area contributed by atoms with Gasteiger partial charge in [0.05, 0.1) is 7.11 Å². The number of benzene rings is 2. The van der Waals surface area contributed by atoms with Crippen molar-refractivity contribution in [3.05, 3.63) is 54.1 Å². The predicted octanol–water partition coefficient (Wildman–Crippen LogP) is 4.05. The van der Waals surface area contributed by atoms with Gasteiger partial charge in [0.2, 0.25) is 0 Å². The van der Waals surface area contributed by atoms with Crippen molar-refractivity contribution in [3.8, 4) is 17.2 Å². The maximum atomic E-state index is 5.76. The zero-order chi connectivity index (χ0) is 12.1. The molecule has 0 fully saturated rings. The van der Waals surface area contributed by atoms with Gasteiger partial charge in [-0.2, -0.15) is 0 Å². The fraction of sp³-hybridized carbons (Fsp3) is 0.200. The molecule has 0 aliphatic heterocycles. The van der Waals surface area contributed by atoms with Gasteiger partial charge in [0, 0.05) is 0 Å². The smallest absolute Gasteiger partial charge is 0.127 e. The monoisotopic (exact) mass is 228 g/mol. The molecule has 0 N–H and O–H groups in total. The minimum absolute atomic E-state index is 0.819. The van der Waals surface area contributed by atoms with Crippen molar-refractivity contribution in [2.45, 2.75) is 13.3 Å². The van der Waals surface area contributed by atoms with Crippen LogP contribution in [0.5, 0.6) is 17.2 Å². The van der Waals surface area contributed by atoms with E-state index < -0.39 is 0 Å². The fourth-order valence-corrected chi connectivity index (χ4v) is 1.61. The first kappa shape index (κ1) is 11.5. The molecule has 0 heterocycles. The van der Waals surface area contributed by atoms with E-state index in [1.54, 1.807) is 7.11 Å². The van der Waals surface area contributed by atoms with E-state index >= 15 is 0 Å². The van der Waals surface area contributed by atoms with E-state index in [-0.39, 0.29) is 0 Å². The van der Waals surface area contributed by atoms with Crippen LogP contribution in [-0.4, -0.2) is 7.11 Å². The minimum Gasteiger partial charge on any atom is -0.497 e. The van der Waals surface area contributed by atoms with E-state index in [0.717, 1.165) is 23.7 Å². The Morgan fingerprint density at radius 1 is 0.882 bits per heavy atom. The maximum Gasteiger partial charge on any atom is 0.127 e. The van der Waals surface area contributed by atoms with Crippen molar-refractivity contribution >= 4 is 0 Å². The van der Waals surface area contributed by atoms with Crippen molar-refractivity contribution in [3.63, 3.8) is 0 Å². The number of ether oxygens (including phenoxy) is 2. The van der Waals surface area contributed by atoms with Gasteiger partial charge in [-0.25, -0.2) is 0 Å².